The molecule has 0 fully saturated rings. The monoisotopic (exact) mass is 264 g/mol. The van der Waals surface area contributed by atoms with Crippen molar-refractivity contribution in [3.8, 4) is 5.75 Å². The molecular formula is C14H20N2OS. The average Bonchev–Trinajstić information content (AvgIpc) is 2.75. The molecule has 0 aliphatic carbocycles. The van der Waals surface area contributed by atoms with Gasteiger partial charge in [-0.1, -0.05) is 25.2 Å². The van der Waals surface area contributed by atoms with E-state index < -0.39 is 0 Å². The molecule has 0 bridgehead atoms. The van der Waals surface area contributed by atoms with E-state index >= 15 is 0 Å². The lowest BCUT2D eigenvalue weighted by atomic mass is 10.1. The number of anilines is 1. The lowest BCUT2D eigenvalue weighted by Crippen LogP contribution is -2.06. The van der Waals surface area contributed by atoms with Gasteiger partial charge >= 0.3 is 0 Å². The fraction of sp³-hybridized carbons (Fsp3) is 0.500. The Labute approximate surface area is 112 Å². The maximum atomic E-state index is 5.89. The van der Waals surface area contributed by atoms with Crippen molar-refractivity contribution < 1.29 is 4.74 Å². The predicted octanol–water partition coefficient (Wildman–Crippen LogP) is 3.99. The Morgan fingerprint density at radius 1 is 1.33 bits per heavy atom. The number of ether oxygens (including phenoxy) is 1. The molecule has 0 amide bonds. The molecule has 4 heteroatoms. The van der Waals surface area contributed by atoms with Crippen LogP contribution in [0.2, 0.25) is 0 Å². The van der Waals surface area contributed by atoms with Crippen molar-refractivity contribution in [3.63, 3.8) is 0 Å². The molecule has 2 rings (SSSR count). The van der Waals surface area contributed by atoms with Crippen LogP contribution in [-0.2, 0) is 0 Å². The number of rotatable bonds is 4. The molecule has 0 aliphatic heterocycles. The first-order valence-corrected chi connectivity index (χ1v) is 7.06. The molecule has 0 aliphatic rings. The van der Waals surface area contributed by atoms with Crippen LogP contribution in [0, 0.1) is 19.8 Å². The second kappa shape index (κ2) is 5.14. The number of benzene rings is 1. The maximum absolute atomic E-state index is 5.89. The highest BCUT2D eigenvalue weighted by Gasteiger charge is 2.12. The molecule has 18 heavy (non-hydrogen) atoms. The van der Waals surface area contributed by atoms with Crippen molar-refractivity contribution >= 4 is 26.7 Å². The summed E-state index contributed by atoms with van der Waals surface area (Å²) in [5, 5.41) is 4.05. The second-order valence-corrected chi connectivity index (χ2v) is 5.98. The van der Waals surface area contributed by atoms with Crippen LogP contribution < -0.4 is 10.1 Å². The van der Waals surface area contributed by atoms with E-state index in [1.54, 1.807) is 11.3 Å². The number of hydrogen-bond acceptors (Lipinski definition) is 4. The first-order chi connectivity index (χ1) is 8.52. The Hall–Kier alpha value is -1.29. The molecule has 0 spiro atoms. The molecule has 0 unspecified atom stereocenters. The highest BCUT2D eigenvalue weighted by Crippen LogP contribution is 2.35. The molecule has 3 nitrogen and oxygen atoms in total. The van der Waals surface area contributed by atoms with E-state index in [0.29, 0.717) is 5.92 Å². The van der Waals surface area contributed by atoms with Crippen LogP contribution in [-0.4, -0.2) is 18.6 Å². The largest absolute Gasteiger partial charge is 0.493 e. The Morgan fingerprint density at radius 2 is 2.06 bits per heavy atom. The van der Waals surface area contributed by atoms with Gasteiger partial charge in [-0.25, -0.2) is 4.98 Å². The number of nitrogens with one attached hydrogen (secondary N) is 1. The van der Waals surface area contributed by atoms with Gasteiger partial charge in [0.15, 0.2) is 5.13 Å². The van der Waals surface area contributed by atoms with E-state index in [1.807, 2.05) is 7.05 Å². The Balaban J connectivity index is 2.45. The van der Waals surface area contributed by atoms with Gasteiger partial charge < -0.3 is 10.1 Å². The van der Waals surface area contributed by atoms with E-state index in [4.69, 9.17) is 4.74 Å². The van der Waals surface area contributed by atoms with E-state index in [0.717, 1.165) is 23.0 Å². The van der Waals surface area contributed by atoms with Crippen LogP contribution in [0.15, 0.2) is 6.07 Å². The fourth-order valence-electron chi connectivity index (χ4n) is 1.80. The third-order valence-corrected chi connectivity index (χ3v) is 4.01. The lowest BCUT2D eigenvalue weighted by Gasteiger charge is -2.13. The molecule has 1 aromatic heterocycles. The third kappa shape index (κ3) is 2.43. The standard InChI is InChI=1S/C14H20N2OS/c1-8(2)7-17-11-6-12-13(10(4)9(11)3)16-14(15-5)18-12/h6,8H,7H2,1-5H3,(H,15,16). The summed E-state index contributed by atoms with van der Waals surface area (Å²) >= 11 is 1.67. The van der Waals surface area contributed by atoms with Crippen molar-refractivity contribution in [2.75, 3.05) is 19.0 Å². The second-order valence-electron chi connectivity index (χ2n) is 4.95. The van der Waals surface area contributed by atoms with Crippen molar-refractivity contribution in [2.24, 2.45) is 5.92 Å². The predicted molar refractivity (Wildman–Crippen MR) is 79.0 cm³/mol. The number of aryl methyl sites for hydroxylation is 1. The molecule has 2 aromatic rings. The molecule has 1 heterocycles. The van der Waals surface area contributed by atoms with Gasteiger partial charge in [0.25, 0.3) is 0 Å². The van der Waals surface area contributed by atoms with Crippen molar-refractivity contribution in [1.29, 1.82) is 0 Å². The minimum absolute atomic E-state index is 0.537. The van der Waals surface area contributed by atoms with Gasteiger partial charge in [-0.3, -0.25) is 0 Å². The van der Waals surface area contributed by atoms with E-state index in [9.17, 15) is 0 Å². The van der Waals surface area contributed by atoms with Gasteiger partial charge in [0, 0.05) is 7.05 Å². The van der Waals surface area contributed by atoms with Crippen molar-refractivity contribution in [1.82, 2.24) is 4.98 Å². The summed E-state index contributed by atoms with van der Waals surface area (Å²) in [4.78, 5) is 4.58. The minimum atomic E-state index is 0.537. The van der Waals surface area contributed by atoms with E-state index in [1.165, 1.54) is 15.8 Å². The fourth-order valence-corrected chi connectivity index (χ4v) is 2.71. The summed E-state index contributed by atoms with van der Waals surface area (Å²) in [6.45, 7) is 9.28. The molecule has 0 saturated heterocycles. The summed E-state index contributed by atoms with van der Waals surface area (Å²) in [5.41, 5.74) is 3.49. The quantitative estimate of drug-likeness (QED) is 0.906. The van der Waals surface area contributed by atoms with Gasteiger partial charge in [-0.2, -0.15) is 0 Å². The van der Waals surface area contributed by atoms with Crippen LogP contribution in [0.3, 0.4) is 0 Å². The normalized spacial score (nSPS) is 11.2. The summed E-state index contributed by atoms with van der Waals surface area (Å²) in [5.74, 6) is 1.52. The van der Waals surface area contributed by atoms with E-state index in [-0.39, 0.29) is 0 Å². The third-order valence-electron chi connectivity index (χ3n) is 2.99. The van der Waals surface area contributed by atoms with Crippen LogP contribution in [0.5, 0.6) is 5.75 Å². The lowest BCUT2D eigenvalue weighted by molar-refractivity contribution is 0.269. The van der Waals surface area contributed by atoms with E-state index in [2.05, 4.69) is 44.1 Å². The minimum Gasteiger partial charge on any atom is -0.493 e. The summed E-state index contributed by atoms with van der Waals surface area (Å²) in [7, 11) is 1.90. The smallest absolute Gasteiger partial charge is 0.183 e. The summed E-state index contributed by atoms with van der Waals surface area (Å²) in [6, 6.07) is 2.11. The van der Waals surface area contributed by atoms with Crippen molar-refractivity contribution in [3.05, 3.63) is 17.2 Å². The number of fused-ring (bicyclic) bond motifs is 1. The zero-order valence-corrected chi connectivity index (χ0v) is 12.4. The zero-order chi connectivity index (χ0) is 13.3. The Kier molecular flexibility index (Phi) is 3.76. The van der Waals surface area contributed by atoms with Crippen molar-refractivity contribution in [2.45, 2.75) is 27.7 Å². The number of thiazole rings is 1. The highest BCUT2D eigenvalue weighted by molar-refractivity contribution is 7.22. The summed E-state index contributed by atoms with van der Waals surface area (Å²) < 4.78 is 7.07. The number of aromatic nitrogens is 1. The Bertz CT molecular complexity index is 560. The van der Waals surface area contributed by atoms with Gasteiger partial charge in [-0.05, 0) is 37.0 Å². The summed E-state index contributed by atoms with van der Waals surface area (Å²) in [6.07, 6.45) is 0. The molecule has 1 N–H and O–H groups in total. The maximum Gasteiger partial charge on any atom is 0.183 e. The molecule has 1 aromatic carbocycles. The zero-order valence-electron chi connectivity index (χ0n) is 11.6. The average molecular weight is 264 g/mol. The SMILES string of the molecule is CNc1nc2c(C)c(C)c(OCC(C)C)cc2s1. The Morgan fingerprint density at radius 3 is 2.67 bits per heavy atom. The highest BCUT2D eigenvalue weighted by atomic mass is 32.1. The topological polar surface area (TPSA) is 34.2 Å². The molecule has 0 atom stereocenters. The molecule has 0 radical (unpaired) electrons. The van der Waals surface area contributed by atoms with Gasteiger partial charge in [-0.15, -0.1) is 0 Å². The number of nitrogens with zero attached hydrogens (tertiary/aromatic N) is 1. The van der Waals surface area contributed by atoms with Gasteiger partial charge in [0.2, 0.25) is 0 Å². The van der Waals surface area contributed by atoms with Crippen LogP contribution >= 0.6 is 11.3 Å². The first-order valence-electron chi connectivity index (χ1n) is 6.24. The molecular weight excluding hydrogens is 244 g/mol. The van der Waals surface area contributed by atoms with Crippen LogP contribution in [0.4, 0.5) is 5.13 Å². The molecule has 98 valence electrons. The van der Waals surface area contributed by atoms with Gasteiger partial charge in [0.1, 0.15) is 5.75 Å². The van der Waals surface area contributed by atoms with Crippen LogP contribution in [0.25, 0.3) is 10.2 Å². The number of hydrogen-bond donors (Lipinski definition) is 1. The first kappa shape index (κ1) is 13.1. The molecule has 0 saturated carbocycles. The van der Waals surface area contributed by atoms with Crippen LogP contribution in [0.1, 0.15) is 25.0 Å². The van der Waals surface area contributed by atoms with Gasteiger partial charge in [0.05, 0.1) is 16.8 Å².